The Bertz CT molecular complexity index is 639. The van der Waals surface area contributed by atoms with E-state index in [1.54, 1.807) is 18.2 Å². The van der Waals surface area contributed by atoms with Gasteiger partial charge in [0.05, 0.1) is 10.7 Å². The van der Waals surface area contributed by atoms with Crippen LogP contribution in [0.3, 0.4) is 0 Å². The van der Waals surface area contributed by atoms with Crippen molar-refractivity contribution in [1.82, 2.24) is 0 Å². The van der Waals surface area contributed by atoms with Gasteiger partial charge in [-0.2, -0.15) is 0 Å². The summed E-state index contributed by atoms with van der Waals surface area (Å²) in [6, 6.07) is 14.5. The summed E-state index contributed by atoms with van der Waals surface area (Å²) in [6.45, 7) is 0. The standard InChI is InChI=1S/C14H11ClN2O/c15-11-8-4-7-10-12(11)17-13(16)14(10,18)9-5-2-1-3-6-9/h1-8,18H,(H2,16,17). The van der Waals surface area contributed by atoms with Gasteiger partial charge in [0.1, 0.15) is 5.84 Å². The fourth-order valence-corrected chi connectivity index (χ4v) is 2.46. The molecule has 1 atom stereocenters. The molecule has 0 spiro atoms. The Hall–Kier alpha value is -1.84. The maximum absolute atomic E-state index is 10.9. The molecule has 1 unspecified atom stereocenters. The third-order valence-corrected chi connectivity index (χ3v) is 3.48. The van der Waals surface area contributed by atoms with E-state index < -0.39 is 5.60 Å². The van der Waals surface area contributed by atoms with Crippen LogP contribution >= 0.6 is 11.6 Å². The molecule has 0 aromatic heterocycles. The molecule has 1 aliphatic heterocycles. The summed E-state index contributed by atoms with van der Waals surface area (Å²) >= 11 is 6.08. The van der Waals surface area contributed by atoms with Crippen LogP contribution in [0.5, 0.6) is 0 Å². The highest BCUT2D eigenvalue weighted by Crippen LogP contribution is 2.44. The smallest absolute Gasteiger partial charge is 0.174 e. The zero-order valence-electron chi connectivity index (χ0n) is 9.47. The molecule has 0 saturated heterocycles. The Morgan fingerprint density at radius 3 is 2.50 bits per heavy atom. The number of rotatable bonds is 1. The molecule has 0 bridgehead atoms. The summed E-state index contributed by atoms with van der Waals surface area (Å²) in [7, 11) is 0. The lowest BCUT2D eigenvalue weighted by Crippen LogP contribution is -2.39. The van der Waals surface area contributed by atoms with Crippen LogP contribution in [0, 0.1) is 0 Å². The molecule has 90 valence electrons. The van der Waals surface area contributed by atoms with Gasteiger partial charge in [0.15, 0.2) is 5.60 Å². The molecule has 3 rings (SSSR count). The topological polar surface area (TPSA) is 58.6 Å². The lowest BCUT2D eigenvalue weighted by atomic mass is 9.86. The van der Waals surface area contributed by atoms with Crippen molar-refractivity contribution in [3.63, 3.8) is 0 Å². The number of nitrogens with zero attached hydrogens (tertiary/aromatic N) is 1. The Labute approximate surface area is 110 Å². The molecule has 0 saturated carbocycles. The van der Waals surface area contributed by atoms with Crippen molar-refractivity contribution in [3.05, 3.63) is 64.7 Å². The van der Waals surface area contributed by atoms with Gasteiger partial charge in [0.2, 0.25) is 0 Å². The lowest BCUT2D eigenvalue weighted by Gasteiger charge is -2.24. The maximum atomic E-state index is 10.9. The first-order valence-electron chi connectivity index (χ1n) is 5.55. The molecule has 0 radical (unpaired) electrons. The highest BCUT2D eigenvalue weighted by molar-refractivity contribution is 6.33. The molecule has 4 heteroatoms. The molecule has 1 aliphatic rings. The molecule has 0 fully saturated rings. The minimum Gasteiger partial charge on any atom is -0.384 e. The number of hydrogen-bond acceptors (Lipinski definition) is 3. The fraction of sp³-hybridized carbons (Fsp3) is 0.0714. The Kier molecular flexibility index (Phi) is 2.40. The molecule has 3 nitrogen and oxygen atoms in total. The van der Waals surface area contributed by atoms with Crippen LogP contribution < -0.4 is 5.73 Å². The average Bonchev–Trinajstić information content (AvgIpc) is 2.66. The lowest BCUT2D eigenvalue weighted by molar-refractivity contribution is 0.158. The van der Waals surface area contributed by atoms with Gasteiger partial charge >= 0.3 is 0 Å². The van der Waals surface area contributed by atoms with E-state index in [2.05, 4.69) is 4.99 Å². The highest BCUT2D eigenvalue weighted by Gasteiger charge is 2.42. The van der Waals surface area contributed by atoms with E-state index in [4.69, 9.17) is 17.3 Å². The quantitative estimate of drug-likeness (QED) is 0.826. The van der Waals surface area contributed by atoms with Crippen molar-refractivity contribution < 1.29 is 5.11 Å². The normalized spacial score (nSPS) is 21.6. The van der Waals surface area contributed by atoms with E-state index in [0.29, 0.717) is 21.8 Å². The molecular formula is C14H11ClN2O. The molecule has 2 aromatic rings. The number of halogens is 1. The largest absolute Gasteiger partial charge is 0.384 e. The molecular weight excluding hydrogens is 248 g/mol. The summed E-state index contributed by atoms with van der Waals surface area (Å²) in [5.74, 6) is 0.150. The van der Waals surface area contributed by atoms with Gasteiger partial charge in [0, 0.05) is 5.56 Å². The number of para-hydroxylation sites is 1. The first-order valence-corrected chi connectivity index (χ1v) is 5.93. The number of hydrogen-bond donors (Lipinski definition) is 2. The van der Waals surface area contributed by atoms with Gasteiger partial charge < -0.3 is 10.8 Å². The van der Waals surface area contributed by atoms with E-state index >= 15 is 0 Å². The first-order chi connectivity index (χ1) is 8.64. The summed E-state index contributed by atoms with van der Waals surface area (Å²) < 4.78 is 0. The molecule has 18 heavy (non-hydrogen) atoms. The Morgan fingerprint density at radius 1 is 1.06 bits per heavy atom. The van der Waals surface area contributed by atoms with E-state index in [0.717, 1.165) is 0 Å². The Morgan fingerprint density at radius 2 is 1.78 bits per heavy atom. The SMILES string of the molecule is NC1=Nc2c(Cl)cccc2C1(O)c1ccccc1. The van der Waals surface area contributed by atoms with Crippen molar-refractivity contribution in [2.45, 2.75) is 5.60 Å². The van der Waals surface area contributed by atoms with Crippen molar-refractivity contribution in [3.8, 4) is 0 Å². The molecule has 2 aromatic carbocycles. The number of nitrogens with two attached hydrogens (primary N) is 1. The predicted octanol–water partition coefficient (Wildman–Crippen LogP) is 2.58. The summed E-state index contributed by atoms with van der Waals surface area (Å²) in [5, 5.41) is 11.4. The van der Waals surface area contributed by atoms with Crippen LogP contribution in [0.2, 0.25) is 5.02 Å². The van der Waals surface area contributed by atoms with E-state index in [1.807, 2.05) is 30.3 Å². The van der Waals surface area contributed by atoms with Crippen LogP contribution in [0.1, 0.15) is 11.1 Å². The van der Waals surface area contributed by atoms with Crippen molar-refractivity contribution in [2.24, 2.45) is 10.7 Å². The Balaban J connectivity index is 2.28. The second-order valence-corrected chi connectivity index (χ2v) is 4.62. The highest BCUT2D eigenvalue weighted by atomic mass is 35.5. The van der Waals surface area contributed by atoms with Gasteiger partial charge in [-0.3, -0.25) is 0 Å². The van der Waals surface area contributed by atoms with Crippen LogP contribution in [-0.2, 0) is 5.60 Å². The number of fused-ring (bicyclic) bond motifs is 1. The van der Waals surface area contributed by atoms with Gasteiger partial charge in [0.25, 0.3) is 0 Å². The summed E-state index contributed by atoms with van der Waals surface area (Å²) in [6.07, 6.45) is 0. The monoisotopic (exact) mass is 258 g/mol. The van der Waals surface area contributed by atoms with Crippen molar-refractivity contribution in [2.75, 3.05) is 0 Å². The summed E-state index contributed by atoms with van der Waals surface area (Å²) in [5.41, 5.74) is 6.37. The fourth-order valence-electron chi connectivity index (χ4n) is 2.24. The minimum absolute atomic E-state index is 0.150. The number of benzene rings is 2. The van der Waals surface area contributed by atoms with Gasteiger partial charge in [-0.05, 0) is 11.6 Å². The second-order valence-electron chi connectivity index (χ2n) is 4.21. The molecule has 0 amide bonds. The zero-order chi connectivity index (χ0) is 12.8. The van der Waals surface area contributed by atoms with Crippen LogP contribution in [0.15, 0.2) is 53.5 Å². The molecule has 0 aliphatic carbocycles. The number of amidine groups is 1. The van der Waals surface area contributed by atoms with Crippen molar-refractivity contribution in [1.29, 1.82) is 0 Å². The van der Waals surface area contributed by atoms with Crippen molar-refractivity contribution >= 4 is 23.1 Å². The van der Waals surface area contributed by atoms with Gasteiger partial charge in [-0.15, -0.1) is 0 Å². The second kappa shape index (κ2) is 3.83. The van der Waals surface area contributed by atoms with Crippen LogP contribution in [-0.4, -0.2) is 10.9 Å². The van der Waals surface area contributed by atoms with E-state index in [-0.39, 0.29) is 5.84 Å². The summed E-state index contributed by atoms with van der Waals surface area (Å²) in [4.78, 5) is 4.19. The first kappa shape index (κ1) is 11.3. The molecule has 1 heterocycles. The third-order valence-electron chi connectivity index (χ3n) is 3.17. The minimum atomic E-state index is -1.39. The maximum Gasteiger partial charge on any atom is 0.174 e. The third kappa shape index (κ3) is 1.38. The van der Waals surface area contributed by atoms with E-state index in [1.165, 1.54) is 0 Å². The average molecular weight is 259 g/mol. The van der Waals surface area contributed by atoms with Crippen LogP contribution in [0.25, 0.3) is 0 Å². The van der Waals surface area contributed by atoms with Gasteiger partial charge in [-0.1, -0.05) is 54.1 Å². The number of aliphatic imine (C=N–C) groups is 1. The van der Waals surface area contributed by atoms with Gasteiger partial charge in [-0.25, -0.2) is 4.99 Å². The molecule has 3 N–H and O–H groups in total. The number of aliphatic hydroxyl groups is 1. The van der Waals surface area contributed by atoms with E-state index in [9.17, 15) is 5.11 Å². The predicted molar refractivity (Wildman–Crippen MR) is 72.2 cm³/mol. The zero-order valence-corrected chi connectivity index (χ0v) is 10.2. The van der Waals surface area contributed by atoms with Crippen LogP contribution in [0.4, 0.5) is 5.69 Å².